The number of piperazine rings is 1. The predicted octanol–water partition coefficient (Wildman–Crippen LogP) is -1.43. The summed E-state index contributed by atoms with van der Waals surface area (Å²) in [7, 11) is 2.14. The number of H-pyrrole nitrogens is 1. The second-order valence-electron chi connectivity index (χ2n) is 4.49. The lowest BCUT2D eigenvalue weighted by molar-refractivity contribution is 0.0939. The lowest BCUT2D eigenvalue weighted by Crippen LogP contribution is -2.45. The lowest BCUT2D eigenvalue weighted by Gasteiger charge is -2.32. The van der Waals surface area contributed by atoms with Crippen LogP contribution in [-0.2, 0) is 0 Å². The Kier molecular flexibility index (Phi) is 4.59. The van der Waals surface area contributed by atoms with Crippen molar-refractivity contribution in [2.45, 2.75) is 6.42 Å². The van der Waals surface area contributed by atoms with Crippen LogP contribution in [0.1, 0.15) is 17.0 Å². The second-order valence-corrected chi connectivity index (χ2v) is 4.49. The van der Waals surface area contributed by atoms with Gasteiger partial charge in [0, 0.05) is 32.7 Å². The van der Waals surface area contributed by atoms with E-state index in [1.807, 2.05) is 0 Å². The van der Waals surface area contributed by atoms with Crippen LogP contribution in [0, 0.1) is 0 Å². The number of likely N-dealkylation sites (N-methyl/N-ethyl adjacent to an activating group) is 1. The molecule has 2 rings (SSSR count). The number of aromatic amines is 1. The molecule has 1 aromatic rings. The topological polar surface area (TPSA) is 90.0 Å². The molecule has 0 atom stereocenters. The molecular weight excluding hydrogens is 234 g/mol. The lowest BCUT2D eigenvalue weighted by atomic mass is 10.3. The number of hydrogen-bond donors (Lipinski definition) is 2. The van der Waals surface area contributed by atoms with Crippen LogP contribution >= 0.6 is 0 Å². The summed E-state index contributed by atoms with van der Waals surface area (Å²) in [6.07, 6.45) is 0.938. The first-order valence-electron chi connectivity index (χ1n) is 6.18. The number of nitrogens with one attached hydrogen (secondary N) is 2. The molecule has 0 bridgehead atoms. The van der Waals surface area contributed by atoms with Crippen molar-refractivity contribution in [2.24, 2.45) is 0 Å². The van der Waals surface area contributed by atoms with Crippen LogP contribution in [0.25, 0.3) is 0 Å². The van der Waals surface area contributed by atoms with Gasteiger partial charge in [-0.15, -0.1) is 10.2 Å². The Morgan fingerprint density at radius 2 is 2.17 bits per heavy atom. The van der Waals surface area contributed by atoms with Crippen molar-refractivity contribution >= 4 is 5.91 Å². The van der Waals surface area contributed by atoms with Crippen LogP contribution < -0.4 is 5.32 Å². The number of carbonyl (C=O) groups is 1. The van der Waals surface area contributed by atoms with Crippen molar-refractivity contribution in [3.63, 3.8) is 0 Å². The summed E-state index contributed by atoms with van der Waals surface area (Å²) in [5, 5.41) is 15.6. The number of nitrogens with zero attached hydrogens (tertiary/aromatic N) is 5. The Labute approximate surface area is 106 Å². The van der Waals surface area contributed by atoms with Gasteiger partial charge in [-0.25, -0.2) is 0 Å². The van der Waals surface area contributed by atoms with Crippen molar-refractivity contribution in [1.29, 1.82) is 0 Å². The molecule has 0 radical (unpaired) electrons. The monoisotopic (exact) mass is 253 g/mol. The van der Waals surface area contributed by atoms with Crippen LogP contribution in [0.5, 0.6) is 0 Å². The largest absolute Gasteiger partial charge is 0.349 e. The summed E-state index contributed by atoms with van der Waals surface area (Å²) in [5.41, 5.74) is 0. The number of aromatic nitrogens is 4. The van der Waals surface area contributed by atoms with E-state index in [1.165, 1.54) is 0 Å². The van der Waals surface area contributed by atoms with Gasteiger partial charge in [0.25, 0.3) is 11.7 Å². The van der Waals surface area contributed by atoms with Crippen LogP contribution in [0.15, 0.2) is 0 Å². The molecule has 1 amide bonds. The summed E-state index contributed by atoms with van der Waals surface area (Å²) in [6.45, 7) is 6.11. The quantitative estimate of drug-likeness (QED) is 0.625. The molecule has 0 saturated carbocycles. The van der Waals surface area contributed by atoms with Crippen molar-refractivity contribution < 1.29 is 4.79 Å². The van der Waals surface area contributed by atoms with E-state index in [1.54, 1.807) is 0 Å². The third-order valence-corrected chi connectivity index (χ3v) is 3.08. The number of tetrazole rings is 1. The van der Waals surface area contributed by atoms with Crippen molar-refractivity contribution in [2.75, 3.05) is 46.3 Å². The summed E-state index contributed by atoms with van der Waals surface area (Å²) in [6, 6.07) is 0. The SMILES string of the molecule is CN1CCN(CCCNC(=O)c2nn[nH]n2)CC1. The molecular formula is C10H19N7O. The molecule has 1 fully saturated rings. The maximum absolute atomic E-state index is 11.5. The molecule has 8 heteroatoms. The van der Waals surface area contributed by atoms with E-state index in [4.69, 9.17) is 0 Å². The highest BCUT2D eigenvalue weighted by atomic mass is 16.2. The van der Waals surface area contributed by atoms with E-state index in [-0.39, 0.29) is 11.7 Å². The van der Waals surface area contributed by atoms with Crippen LogP contribution in [0.3, 0.4) is 0 Å². The van der Waals surface area contributed by atoms with E-state index in [2.05, 4.69) is 42.8 Å². The van der Waals surface area contributed by atoms with Gasteiger partial charge in [0.05, 0.1) is 0 Å². The molecule has 18 heavy (non-hydrogen) atoms. The first-order chi connectivity index (χ1) is 8.75. The van der Waals surface area contributed by atoms with E-state index in [0.717, 1.165) is 39.1 Å². The van der Waals surface area contributed by atoms with E-state index in [9.17, 15) is 4.79 Å². The Morgan fingerprint density at radius 1 is 1.39 bits per heavy atom. The van der Waals surface area contributed by atoms with Gasteiger partial charge in [-0.2, -0.15) is 5.21 Å². The first-order valence-corrected chi connectivity index (χ1v) is 6.18. The fourth-order valence-corrected chi connectivity index (χ4v) is 1.91. The smallest absolute Gasteiger partial charge is 0.292 e. The third kappa shape index (κ3) is 3.74. The zero-order valence-corrected chi connectivity index (χ0v) is 10.6. The molecule has 0 aliphatic carbocycles. The van der Waals surface area contributed by atoms with Crippen molar-refractivity contribution in [1.82, 2.24) is 35.7 Å². The summed E-state index contributed by atoms with van der Waals surface area (Å²) >= 11 is 0. The van der Waals surface area contributed by atoms with Gasteiger partial charge in [0.2, 0.25) is 0 Å². The highest BCUT2D eigenvalue weighted by Crippen LogP contribution is 1.99. The molecule has 8 nitrogen and oxygen atoms in total. The molecule has 1 saturated heterocycles. The van der Waals surface area contributed by atoms with E-state index < -0.39 is 0 Å². The third-order valence-electron chi connectivity index (χ3n) is 3.08. The van der Waals surface area contributed by atoms with Gasteiger partial charge in [-0.3, -0.25) is 4.79 Å². The average Bonchev–Trinajstić information content (AvgIpc) is 2.90. The average molecular weight is 253 g/mol. The molecule has 1 aliphatic rings. The summed E-state index contributed by atoms with van der Waals surface area (Å²) < 4.78 is 0. The van der Waals surface area contributed by atoms with Gasteiger partial charge in [-0.05, 0) is 25.2 Å². The fourth-order valence-electron chi connectivity index (χ4n) is 1.91. The Bertz CT molecular complexity index is 358. The Balaban J connectivity index is 1.57. The van der Waals surface area contributed by atoms with Crippen molar-refractivity contribution in [3.8, 4) is 0 Å². The summed E-state index contributed by atoms with van der Waals surface area (Å²) in [5.74, 6) is -0.184. The minimum absolute atomic E-state index is 0.0922. The molecule has 1 aliphatic heterocycles. The number of rotatable bonds is 5. The van der Waals surface area contributed by atoms with Gasteiger partial charge in [-0.1, -0.05) is 0 Å². The number of amides is 1. The van der Waals surface area contributed by atoms with Crippen LogP contribution in [0.4, 0.5) is 0 Å². The van der Waals surface area contributed by atoms with Gasteiger partial charge < -0.3 is 15.1 Å². The zero-order valence-electron chi connectivity index (χ0n) is 10.6. The fraction of sp³-hybridized carbons (Fsp3) is 0.800. The first kappa shape index (κ1) is 12.9. The number of hydrogen-bond acceptors (Lipinski definition) is 6. The molecule has 0 aromatic carbocycles. The minimum Gasteiger partial charge on any atom is -0.349 e. The molecule has 100 valence electrons. The maximum atomic E-state index is 11.5. The Hall–Kier alpha value is -1.54. The minimum atomic E-state index is -0.276. The van der Waals surface area contributed by atoms with E-state index in [0.29, 0.717) is 6.54 Å². The molecule has 0 spiro atoms. The molecule has 0 unspecified atom stereocenters. The summed E-state index contributed by atoms with van der Waals surface area (Å²) in [4.78, 5) is 16.2. The maximum Gasteiger partial charge on any atom is 0.292 e. The highest BCUT2D eigenvalue weighted by Gasteiger charge is 2.13. The standard InChI is InChI=1S/C10H19N7O/c1-16-5-7-17(8-6-16)4-2-3-11-10(18)9-12-14-15-13-9/h2-8H2,1H3,(H,11,18)(H,12,13,14,15). The normalized spacial score (nSPS) is 17.8. The Morgan fingerprint density at radius 3 is 2.83 bits per heavy atom. The predicted molar refractivity (Wildman–Crippen MR) is 65.1 cm³/mol. The van der Waals surface area contributed by atoms with Gasteiger partial charge in [0.1, 0.15) is 0 Å². The van der Waals surface area contributed by atoms with Gasteiger partial charge >= 0.3 is 0 Å². The molecule has 1 aromatic heterocycles. The van der Waals surface area contributed by atoms with E-state index >= 15 is 0 Å². The second kappa shape index (κ2) is 6.41. The number of carbonyl (C=O) groups excluding carboxylic acids is 1. The van der Waals surface area contributed by atoms with Crippen molar-refractivity contribution in [3.05, 3.63) is 5.82 Å². The highest BCUT2D eigenvalue weighted by molar-refractivity contribution is 5.89. The van der Waals surface area contributed by atoms with Crippen LogP contribution in [-0.4, -0.2) is 82.6 Å². The van der Waals surface area contributed by atoms with Gasteiger partial charge in [0.15, 0.2) is 0 Å². The van der Waals surface area contributed by atoms with Crippen LogP contribution in [0.2, 0.25) is 0 Å². The molecule has 2 N–H and O–H groups in total. The zero-order chi connectivity index (χ0) is 12.8. The molecule has 2 heterocycles.